The third-order valence-corrected chi connectivity index (χ3v) is 7.03. The molecule has 5 nitrogen and oxygen atoms in total. The van der Waals surface area contributed by atoms with E-state index in [0.717, 1.165) is 24.8 Å². The maximum Gasteiger partial charge on any atom is 0.253 e. The molecule has 0 unspecified atom stereocenters. The van der Waals surface area contributed by atoms with Gasteiger partial charge in [0, 0.05) is 35.7 Å². The average Bonchev–Trinajstić information content (AvgIpc) is 2.93. The molecule has 0 aliphatic carbocycles. The van der Waals surface area contributed by atoms with E-state index in [0.29, 0.717) is 24.6 Å². The Hall–Kier alpha value is -1.73. The number of thiazole rings is 1. The molecule has 0 saturated carbocycles. The highest BCUT2D eigenvalue weighted by molar-refractivity contribution is 7.90. The van der Waals surface area contributed by atoms with Crippen LogP contribution in [0.5, 0.6) is 0 Å². The molecule has 2 aromatic rings. The molecular formula is C18H22N2O3S2. The van der Waals surface area contributed by atoms with E-state index in [1.165, 1.54) is 22.0 Å². The van der Waals surface area contributed by atoms with Gasteiger partial charge in [-0.2, -0.15) is 0 Å². The first kappa shape index (κ1) is 18.1. The number of likely N-dealkylation sites (tertiary alicyclic amines) is 1. The summed E-state index contributed by atoms with van der Waals surface area (Å²) < 4.78 is 23.4. The third kappa shape index (κ3) is 3.93. The molecule has 25 heavy (non-hydrogen) atoms. The number of nitrogens with zero attached hydrogens (tertiary/aromatic N) is 2. The van der Waals surface area contributed by atoms with Crippen molar-refractivity contribution < 1.29 is 13.2 Å². The fraction of sp³-hybridized carbons (Fsp3) is 0.444. The average molecular weight is 379 g/mol. The standard InChI is InChI=1S/C18H22N2O3S2/c1-12-13(2)24-17(19-12)14-7-9-20(10-8-14)18(21)15-5-4-6-16(11-15)25(3,22)23/h4-6,11,14H,7-10H2,1-3H3. The number of carbonyl (C=O) groups excluding carboxylic acids is 1. The highest BCUT2D eigenvalue weighted by Crippen LogP contribution is 2.32. The number of hydrogen-bond acceptors (Lipinski definition) is 5. The van der Waals surface area contributed by atoms with Gasteiger partial charge in [-0.05, 0) is 44.9 Å². The summed E-state index contributed by atoms with van der Waals surface area (Å²) in [6.07, 6.45) is 2.94. The van der Waals surface area contributed by atoms with Crippen LogP contribution >= 0.6 is 11.3 Å². The van der Waals surface area contributed by atoms with E-state index in [2.05, 4.69) is 11.9 Å². The molecule has 1 aliphatic heterocycles. The van der Waals surface area contributed by atoms with Crippen LogP contribution in [0, 0.1) is 13.8 Å². The molecule has 2 heterocycles. The second-order valence-corrected chi connectivity index (χ2v) is 9.81. The van der Waals surface area contributed by atoms with Crippen molar-refractivity contribution in [2.75, 3.05) is 19.3 Å². The monoisotopic (exact) mass is 378 g/mol. The first-order valence-electron chi connectivity index (χ1n) is 8.29. The van der Waals surface area contributed by atoms with Gasteiger partial charge in [-0.3, -0.25) is 4.79 Å². The molecule has 1 fully saturated rings. The predicted octanol–water partition coefficient (Wildman–Crippen LogP) is 3.18. The van der Waals surface area contributed by atoms with Crippen LogP contribution in [0.2, 0.25) is 0 Å². The van der Waals surface area contributed by atoms with Crippen molar-refractivity contribution >= 4 is 27.1 Å². The molecule has 0 bridgehead atoms. The molecule has 0 spiro atoms. The van der Waals surface area contributed by atoms with Crippen molar-refractivity contribution in [3.63, 3.8) is 0 Å². The van der Waals surface area contributed by atoms with Crippen LogP contribution in [0.15, 0.2) is 29.2 Å². The number of rotatable bonds is 3. The zero-order valence-corrected chi connectivity index (χ0v) is 16.3. The van der Waals surface area contributed by atoms with E-state index in [1.807, 2.05) is 11.8 Å². The van der Waals surface area contributed by atoms with Crippen LogP contribution in [0.4, 0.5) is 0 Å². The topological polar surface area (TPSA) is 67.3 Å². The van der Waals surface area contributed by atoms with Crippen LogP contribution in [-0.2, 0) is 9.84 Å². The van der Waals surface area contributed by atoms with E-state index in [-0.39, 0.29) is 10.8 Å². The maximum atomic E-state index is 12.7. The lowest BCUT2D eigenvalue weighted by atomic mass is 9.97. The van der Waals surface area contributed by atoms with Crippen LogP contribution in [0.1, 0.15) is 44.7 Å². The number of amides is 1. The second-order valence-electron chi connectivity index (χ2n) is 6.56. The zero-order valence-electron chi connectivity index (χ0n) is 14.7. The lowest BCUT2D eigenvalue weighted by molar-refractivity contribution is 0.0712. The van der Waals surface area contributed by atoms with E-state index in [1.54, 1.807) is 23.5 Å². The third-order valence-electron chi connectivity index (χ3n) is 4.69. The molecule has 7 heteroatoms. The molecule has 134 valence electrons. The fourth-order valence-corrected chi connectivity index (χ4v) is 4.80. The molecule has 0 radical (unpaired) electrons. The summed E-state index contributed by atoms with van der Waals surface area (Å²) >= 11 is 1.75. The number of aromatic nitrogens is 1. The van der Waals surface area contributed by atoms with Gasteiger partial charge in [0.15, 0.2) is 9.84 Å². The molecule has 1 aromatic heterocycles. The van der Waals surface area contributed by atoms with Gasteiger partial charge in [0.2, 0.25) is 0 Å². The molecule has 1 aromatic carbocycles. The summed E-state index contributed by atoms with van der Waals surface area (Å²) in [6.45, 7) is 5.46. The van der Waals surface area contributed by atoms with Crippen molar-refractivity contribution in [1.82, 2.24) is 9.88 Å². The highest BCUT2D eigenvalue weighted by atomic mass is 32.2. The molecule has 1 aliphatic rings. The number of carbonyl (C=O) groups is 1. The van der Waals surface area contributed by atoms with Crippen LogP contribution in [0.25, 0.3) is 0 Å². The largest absolute Gasteiger partial charge is 0.339 e. The van der Waals surface area contributed by atoms with Gasteiger partial charge in [-0.1, -0.05) is 6.07 Å². The Balaban J connectivity index is 1.69. The predicted molar refractivity (Wildman–Crippen MR) is 99.0 cm³/mol. The van der Waals surface area contributed by atoms with E-state index in [9.17, 15) is 13.2 Å². The summed E-state index contributed by atoms with van der Waals surface area (Å²) in [7, 11) is -3.31. The lowest BCUT2D eigenvalue weighted by Crippen LogP contribution is -2.38. The van der Waals surface area contributed by atoms with Gasteiger partial charge in [-0.15, -0.1) is 11.3 Å². The Morgan fingerprint density at radius 1 is 1.24 bits per heavy atom. The molecule has 1 saturated heterocycles. The van der Waals surface area contributed by atoms with Gasteiger partial charge < -0.3 is 4.90 Å². The Morgan fingerprint density at radius 2 is 1.92 bits per heavy atom. The SMILES string of the molecule is Cc1nc(C2CCN(C(=O)c3cccc(S(C)(=O)=O)c3)CC2)sc1C. The van der Waals surface area contributed by atoms with E-state index in [4.69, 9.17) is 0 Å². The minimum absolute atomic E-state index is 0.101. The van der Waals surface area contributed by atoms with Gasteiger partial charge in [0.25, 0.3) is 5.91 Å². The minimum atomic E-state index is -3.31. The summed E-state index contributed by atoms with van der Waals surface area (Å²) in [5.41, 5.74) is 1.53. The van der Waals surface area contributed by atoms with Crippen molar-refractivity contribution in [3.8, 4) is 0 Å². The van der Waals surface area contributed by atoms with E-state index >= 15 is 0 Å². The van der Waals surface area contributed by atoms with Crippen LogP contribution in [-0.4, -0.2) is 43.6 Å². The molecule has 1 amide bonds. The van der Waals surface area contributed by atoms with Gasteiger partial charge >= 0.3 is 0 Å². The van der Waals surface area contributed by atoms with Gasteiger partial charge in [0.05, 0.1) is 15.6 Å². The number of piperidine rings is 1. The summed E-state index contributed by atoms with van der Waals surface area (Å²) in [5.74, 6) is 0.305. The summed E-state index contributed by atoms with van der Waals surface area (Å²) in [5, 5.41) is 1.17. The molecule has 3 rings (SSSR count). The fourth-order valence-electron chi connectivity index (χ4n) is 3.04. The first-order chi connectivity index (χ1) is 11.8. The van der Waals surface area contributed by atoms with Crippen molar-refractivity contribution in [2.24, 2.45) is 0 Å². The van der Waals surface area contributed by atoms with Crippen molar-refractivity contribution in [1.29, 1.82) is 0 Å². The summed E-state index contributed by atoms with van der Waals surface area (Å²) in [4.78, 5) is 20.6. The Kier molecular flexibility index (Phi) is 4.97. The second kappa shape index (κ2) is 6.88. The van der Waals surface area contributed by atoms with E-state index < -0.39 is 9.84 Å². The van der Waals surface area contributed by atoms with Crippen LogP contribution < -0.4 is 0 Å². The Bertz CT molecular complexity index is 875. The number of sulfone groups is 1. The first-order valence-corrected chi connectivity index (χ1v) is 11.0. The molecule has 0 N–H and O–H groups in total. The summed E-state index contributed by atoms with van der Waals surface area (Å²) in [6, 6.07) is 6.29. The number of benzene rings is 1. The quantitative estimate of drug-likeness (QED) is 0.823. The molecule has 0 atom stereocenters. The van der Waals surface area contributed by atoms with Crippen molar-refractivity contribution in [3.05, 3.63) is 45.4 Å². The smallest absolute Gasteiger partial charge is 0.253 e. The van der Waals surface area contributed by atoms with Crippen molar-refractivity contribution in [2.45, 2.75) is 37.5 Å². The zero-order chi connectivity index (χ0) is 18.2. The van der Waals surface area contributed by atoms with Crippen LogP contribution in [0.3, 0.4) is 0 Å². The highest BCUT2D eigenvalue weighted by Gasteiger charge is 2.27. The normalized spacial score (nSPS) is 16.2. The minimum Gasteiger partial charge on any atom is -0.339 e. The number of aryl methyl sites for hydroxylation is 2. The van der Waals surface area contributed by atoms with Gasteiger partial charge in [-0.25, -0.2) is 13.4 Å². The maximum absolute atomic E-state index is 12.7. The lowest BCUT2D eigenvalue weighted by Gasteiger charge is -2.31. The Morgan fingerprint density at radius 3 is 2.48 bits per heavy atom. The Labute approximate surface area is 152 Å². The molecular weight excluding hydrogens is 356 g/mol. The number of hydrogen-bond donors (Lipinski definition) is 0. The van der Waals surface area contributed by atoms with Gasteiger partial charge in [0.1, 0.15) is 0 Å².